The van der Waals surface area contributed by atoms with Crippen LogP contribution in [0.3, 0.4) is 0 Å². The zero-order valence-corrected chi connectivity index (χ0v) is 17.1. The summed E-state index contributed by atoms with van der Waals surface area (Å²) < 4.78 is 61.9. The van der Waals surface area contributed by atoms with E-state index in [0.717, 1.165) is 24.8 Å². The Morgan fingerprint density at radius 1 is 1.03 bits per heavy atom. The molecular weight excluding hydrogens is 460 g/mol. The first-order valence-corrected chi connectivity index (χ1v) is 11.1. The van der Waals surface area contributed by atoms with Gasteiger partial charge < -0.3 is 5.73 Å². The standard InChI is InChI=1S/C15H13ClN6O6S2/c16-12-2-1-3-13(14(12)17)30(26,27)28-22(15-19-8-18-9-20-15)21-10-4-6-11(7-5-10)29(23,24)25/h1-9,21H,17H2,(H,23,24,25). The molecule has 158 valence electrons. The van der Waals surface area contributed by atoms with Crippen molar-refractivity contribution in [3.05, 3.63) is 60.1 Å². The Balaban J connectivity index is 1.95. The van der Waals surface area contributed by atoms with Crippen molar-refractivity contribution in [2.75, 3.05) is 16.3 Å². The summed E-state index contributed by atoms with van der Waals surface area (Å²) >= 11 is 5.88. The van der Waals surface area contributed by atoms with Crippen molar-refractivity contribution in [1.82, 2.24) is 15.0 Å². The zero-order chi connectivity index (χ0) is 21.9. The predicted octanol–water partition coefficient (Wildman–Crippen LogP) is 1.51. The van der Waals surface area contributed by atoms with E-state index < -0.39 is 25.1 Å². The number of anilines is 3. The summed E-state index contributed by atoms with van der Waals surface area (Å²) in [6.07, 6.45) is 2.20. The second-order valence-corrected chi connectivity index (χ2v) is 8.85. The second kappa shape index (κ2) is 8.37. The summed E-state index contributed by atoms with van der Waals surface area (Å²) in [6, 6.07) is 8.67. The Bertz CT molecular complexity index is 1260. The molecule has 2 aromatic carbocycles. The number of para-hydroxylation sites is 1. The molecule has 0 spiro atoms. The molecular formula is C15H13ClN6O6S2. The van der Waals surface area contributed by atoms with Crippen LogP contribution in [-0.4, -0.2) is 36.3 Å². The summed E-state index contributed by atoms with van der Waals surface area (Å²) in [5.74, 6) is -0.243. The number of aromatic nitrogens is 3. The minimum atomic E-state index is -4.49. The summed E-state index contributed by atoms with van der Waals surface area (Å²) in [5, 5.41) is 0.625. The normalized spacial score (nSPS) is 11.8. The summed E-state index contributed by atoms with van der Waals surface area (Å²) in [5.41, 5.74) is 8.27. The highest BCUT2D eigenvalue weighted by molar-refractivity contribution is 7.87. The summed E-state index contributed by atoms with van der Waals surface area (Å²) in [6.45, 7) is 0. The lowest BCUT2D eigenvalue weighted by atomic mass is 10.3. The van der Waals surface area contributed by atoms with Crippen LogP contribution in [-0.2, 0) is 24.5 Å². The third-order valence-electron chi connectivity index (χ3n) is 3.50. The molecule has 15 heteroatoms. The van der Waals surface area contributed by atoms with E-state index in [2.05, 4.69) is 20.4 Å². The number of nitrogens with one attached hydrogen (secondary N) is 1. The number of nitrogen functional groups attached to an aromatic ring is 1. The molecule has 30 heavy (non-hydrogen) atoms. The van der Waals surface area contributed by atoms with Crippen LogP contribution in [0.25, 0.3) is 0 Å². The second-order valence-electron chi connectivity index (χ2n) is 5.52. The van der Waals surface area contributed by atoms with Gasteiger partial charge in [0, 0.05) is 0 Å². The first-order chi connectivity index (χ1) is 14.1. The van der Waals surface area contributed by atoms with Crippen LogP contribution in [0.4, 0.5) is 17.3 Å². The molecule has 0 unspecified atom stereocenters. The largest absolute Gasteiger partial charge is 0.396 e. The van der Waals surface area contributed by atoms with E-state index in [1.54, 1.807) is 0 Å². The van der Waals surface area contributed by atoms with Crippen LogP contribution in [0.1, 0.15) is 0 Å². The topological polar surface area (TPSA) is 178 Å². The molecule has 0 aliphatic heterocycles. The number of rotatable bonds is 7. The van der Waals surface area contributed by atoms with E-state index in [1.165, 1.54) is 30.3 Å². The lowest BCUT2D eigenvalue weighted by molar-refractivity contribution is 0.297. The quantitative estimate of drug-likeness (QED) is 0.257. The Hall–Kier alpha value is -3.04. The van der Waals surface area contributed by atoms with Crippen molar-refractivity contribution in [3.63, 3.8) is 0 Å². The molecule has 0 aliphatic carbocycles. The fourth-order valence-corrected chi connectivity index (χ4v) is 3.85. The van der Waals surface area contributed by atoms with Crippen molar-refractivity contribution >= 4 is 49.2 Å². The molecule has 0 bridgehead atoms. The number of nitrogens with zero attached hydrogens (tertiary/aromatic N) is 4. The van der Waals surface area contributed by atoms with Gasteiger partial charge >= 0.3 is 10.1 Å². The lowest BCUT2D eigenvalue weighted by Gasteiger charge is -2.22. The van der Waals surface area contributed by atoms with E-state index >= 15 is 0 Å². The van der Waals surface area contributed by atoms with E-state index in [9.17, 15) is 16.8 Å². The number of hydrogen-bond donors (Lipinski definition) is 3. The van der Waals surface area contributed by atoms with Crippen LogP contribution < -0.4 is 16.3 Å². The van der Waals surface area contributed by atoms with Crippen molar-refractivity contribution < 1.29 is 25.7 Å². The van der Waals surface area contributed by atoms with Crippen LogP contribution in [0.2, 0.25) is 5.02 Å². The van der Waals surface area contributed by atoms with Gasteiger partial charge in [-0.3, -0.25) is 9.98 Å². The minimum Gasteiger partial charge on any atom is -0.396 e. The number of hydrogen-bond acceptors (Lipinski definition) is 11. The van der Waals surface area contributed by atoms with Crippen molar-refractivity contribution in [2.24, 2.45) is 0 Å². The predicted molar refractivity (Wildman–Crippen MR) is 106 cm³/mol. The van der Waals surface area contributed by atoms with Gasteiger partial charge in [-0.05, 0) is 36.4 Å². The Morgan fingerprint density at radius 2 is 1.67 bits per heavy atom. The van der Waals surface area contributed by atoms with E-state index in [-0.39, 0.29) is 27.2 Å². The molecule has 0 fully saturated rings. The lowest BCUT2D eigenvalue weighted by Crippen LogP contribution is -2.34. The molecule has 0 saturated carbocycles. The van der Waals surface area contributed by atoms with E-state index in [1.807, 2.05) is 0 Å². The van der Waals surface area contributed by atoms with Gasteiger partial charge in [-0.2, -0.15) is 26.8 Å². The molecule has 0 aliphatic rings. The monoisotopic (exact) mass is 472 g/mol. The molecule has 3 rings (SSSR count). The van der Waals surface area contributed by atoms with Crippen LogP contribution in [0.5, 0.6) is 0 Å². The van der Waals surface area contributed by atoms with Gasteiger partial charge in [-0.1, -0.05) is 17.7 Å². The van der Waals surface area contributed by atoms with Gasteiger partial charge in [0.25, 0.3) is 16.1 Å². The van der Waals surface area contributed by atoms with E-state index in [0.29, 0.717) is 5.17 Å². The maximum atomic E-state index is 12.7. The molecule has 3 aromatic rings. The zero-order valence-electron chi connectivity index (χ0n) is 14.7. The van der Waals surface area contributed by atoms with Crippen LogP contribution in [0, 0.1) is 0 Å². The number of benzene rings is 2. The van der Waals surface area contributed by atoms with Gasteiger partial charge in [-0.15, -0.1) is 9.46 Å². The summed E-state index contributed by atoms with van der Waals surface area (Å²) in [7, 11) is -8.90. The average molecular weight is 473 g/mol. The molecule has 0 atom stereocenters. The maximum absolute atomic E-state index is 12.7. The molecule has 1 aromatic heterocycles. The third kappa shape index (κ3) is 4.92. The van der Waals surface area contributed by atoms with Crippen LogP contribution in [0.15, 0.2) is 64.9 Å². The molecule has 12 nitrogen and oxygen atoms in total. The first-order valence-electron chi connectivity index (χ1n) is 7.83. The molecule has 0 amide bonds. The number of nitrogens with two attached hydrogens (primary N) is 1. The Kier molecular flexibility index (Phi) is 6.04. The van der Waals surface area contributed by atoms with Crippen molar-refractivity contribution in [3.8, 4) is 0 Å². The number of hydrazine groups is 1. The van der Waals surface area contributed by atoms with Gasteiger partial charge in [0.15, 0.2) is 0 Å². The molecule has 4 N–H and O–H groups in total. The average Bonchev–Trinajstić information content (AvgIpc) is 2.69. The SMILES string of the molecule is Nc1c(Cl)cccc1S(=O)(=O)ON(Nc1ccc(S(=O)(=O)O)cc1)c1ncncn1. The van der Waals surface area contributed by atoms with Crippen molar-refractivity contribution in [2.45, 2.75) is 9.79 Å². The van der Waals surface area contributed by atoms with Gasteiger partial charge in [0.2, 0.25) is 0 Å². The summed E-state index contributed by atoms with van der Waals surface area (Å²) in [4.78, 5) is 10.5. The third-order valence-corrected chi connectivity index (χ3v) is 5.94. The van der Waals surface area contributed by atoms with Crippen molar-refractivity contribution in [1.29, 1.82) is 0 Å². The fourth-order valence-electron chi connectivity index (χ4n) is 2.13. The highest BCUT2D eigenvalue weighted by atomic mass is 35.5. The highest BCUT2D eigenvalue weighted by Crippen LogP contribution is 2.28. The highest BCUT2D eigenvalue weighted by Gasteiger charge is 2.26. The maximum Gasteiger partial charge on any atom is 0.321 e. The molecule has 0 saturated heterocycles. The Labute approximate surface area is 176 Å². The molecule has 0 radical (unpaired) electrons. The Morgan fingerprint density at radius 3 is 2.27 bits per heavy atom. The molecule has 1 heterocycles. The van der Waals surface area contributed by atoms with Crippen LogP contribution >= 0.6 is 11.6 Å². The van der Waals surface area contributed by atoms with Gasteiger partial charge in [-0.25, -0.2) is 4.98 Å². The smallest absolute Gasteiger partial charge is 0.321 e. The van der Waals surface area contributed by atoms with Gasteiger partial charge in [0.1, 0.15) is 17.6 Å². The first kappa shape index (κ1) is 21.7. The fraction of sp³-hybridized carbons (Fsp3) is 0. The van der Waals surface area contributed by atoms with E-state index in [4.69, 9.17) is 26.2 Å². The number of halogens is 1. The minimum absolute atomic E-state index is 0.0140. The van der Waals surface area contributed by atoms with Gasteiger partial charge in [0.05, 0.1) is 21.3 Å².